The van der Waals surface area contributed by atoms with Gasteiger partial charge in [-0.2, -0.15) is 0 Å². The Labute approximate surface area is 70.2 Å². The maximum absolute atomic E-state index is 11.3. The van der Waals surface area contributed by atoms with Gasteiger partial charge in [-0.15, -0.1) is 0 Å². The van der Waals surface area contributed by atoms with Crippen molar-refractivity contribution in [1.82, 2.24) is 0 Å². The van der Waals surface area contributed by atoms with Gasteiger partial charge in [0.05, 0.1) is 0 Å². The molecule has 0 bridgehead atoms. The van der Waals surface area contributed by atoms with Crippen molar-refractivity contribution in [1.29, 1.82) is 0 Å². The molecule has 0 aliphatic rings. The van der Waals surface area contributed by atoms with E-state index >= 15 is 0 Å². The molecule has 0 aromatic rings. The lowest BCUT2D eigenvalue weighted by Crippen LogP contribution is -2.12. The van der Waals surface area contributed by atoms with E-state index in [0.29, 0.717) is 5.78 Å². The van der Waals surface area contributed by atoms with Crippen molar-refractivity contribution >= 4 is 5.78 Å². The van der Waals surface area contributed by atoms with Crippen LogP contribution in [-0.4, -0.2) is 5.78 Å². The predicted octanol–water partition coefficient (Wildman–Crippen LogP) is 3.00. The van der Waals surface area contributed by atoms with E-state index in [1.165, 1.54) is 0 Å². The molecule has 0 saturated heterocycles. The molecule has 1 atom stereocenters. The van der Waals surface area contributed by atoms with Crippen LogP contribution >= 0.6 is 0 Å². The zero-order valence-electron chi connectivity index (χ0n) is 7.73. The highest BCUT2D eigenvalue weighted by molar-refractivity contribution is 5.80. The van der Waals surface area contributed by atoms with Gasteiger partial charge in [0.2, 0.25) is 0 Å². The standard InChI is InChI=1S/C10H19O/c1-4-7-8-10(11)9(5-2)6-3/h9H,2,4-8H2,1,3H3. The fraction of sp³-hybridized carbons (Fsp3) is 0.800. The molecular formula is C10H19O. The van der Waals surface area contributed by atoms with Crippen molar-refractivity contribution in [3.05, 3.63) is 6.92 Å². The third-order valence-electron chi connectivity index (χ3n) is 2.07. The maximum Gasteiger partial charge on any atom is 0.135 e. The van der Waals surface area contributed by atoms with Crippen molar-refractivity contribution in [3.8, 4) is 0 Å². The first-order chi connectivity index (χ1) is 5.26. The number of carbonyl (C=O) groups is 1. The second-order valence-electron chi connectivity index (χ2n) is 2.96. The van der Waals surface area contributed by atoms with Gasteiger partial charge in [-0.25, -0.2) is 0 Å². The van der Waals surface area contributed by atoms with E-state index in [4.69, 9.17) is 0 Å². The van der Waals surface area contributed by atoms with Crippen molar-refractivity contribution in [3.63, 3.8) is 0 Å². The third-order valence-corrected chi connectivity index (χ3v) is 2.07. The molecule has 0 spiro atoms. The zero-order chi connectivity index (χ0) is 8.69. The molecule has 1 nitrogen and oxygen atoms in total. The quantitative estimate of drug-likeness (QED) is 0.576. The molecule has 0 aliphatic heterocycles. The van der Waals surface area contributed by atoms with Gasteiger partial charge in [0, 0.05) is 12.3 Å². The van der Waals surface area contributed by atoms with Crippen molar-refractivity contribution in [2.75, 3.05) is 0 Å². The van der Waals surface area contributed by atoms with E-state index < -0.39 is 0 Å². The number of hydrogen-bond donors (Lipinski definition) is 0. The first-order valence-corrected chi connectivity index (χ1v) is 4.58. The summed E-state index contributed by atoms with van der Waals surface area (Å²) in [7, 11) is 0. The molecule has 0 aromatic heterocycles. The van der Waals surface area contributed by atoms with Crippen LogP contribution in [0.5, 0.6) is 0 Å². The third kappa shape index (κ3) is 4.18. The minimum atomic E-state index is 0.224. The molecule has 0 rings (SSSR count). The molecule has 1 radical (unpaired) electrons. The second kappa shape index (κ2) is 6.38. The van der Waals surface area contributed by atoms with Gasteiger partial charge < -0.3 is 0 Å². The minimum absolute atomic E-state index is 0.224. The molecule has 11 heavy (non-hydrogen) atoms. The molecule has 0 N–H and O–H groups in total. The molecule has 0 aromatic carbocycles. The molecule has 0 fully saturated rings. The number of carbonyl (C=O) groups excluding carboxylic acids is 1. The van der Waals surface area contributed by atoms with Gasteiger partial charge in [-0.1, -0.05) is 27.2 Å². The van der Waals surface area contributed by atoms with Crippen LogP contribution < -0.4 is 0 Å². The van der Waals surface area contributed by atoms with Crippen LogP contribution in [0.1, 0.15) is 46.0 Å². The highest BCUT2D eigenvalue weighted by Gasteiger charge is 2.12. The van der Waals surface area contributed by atoms with E-state index in [1.807, 2.05) is 0 Å². The molecule has 0 aliphatic carbocycles. The van der Waals surface area contributed by atoms with Gasteiger partial charge in [0.15, 0.2) is 0 Å². The summed E-state index contributed by atoms with van der Waals surface area (Å²) in [6, 6.07) is 0. The Kier molecular flexibility index (Phi) is 6.19. The summed E-state index contributed by atoms with van der Waals surface area (Å²) in [5, 5.41) is 0. The lowest BCUT2D eigenvalue weighted by Gasteiger charge is -2.09. The van der Waals surface area contributed by atoms with E-state index in [-0.39, 0.29) is 5.92 Å². The van der Waals surface area contributed by atoms with Crippen LogP contribution in [0.15, 0.2) is 0 Å². The van der Waals surface area contributed by atoms with Crippen molar-refractivity contribution < 1.29 is 4.79 Å². The summed E-state index contributed by atoms with van der Waals surface area (Å²) in [6.07, 6.45) is 4.62. The number of rotatable bonds is 6. The number of hydrogen-bond acceptors (Lipinski definition) is 1. The number of ketones is 1. The summed E-state index contributed by atoms with van der Waals surface area (Å²) in [5.41, 5.74) is 0. The highest BCUT2D eigenvalue weighted by atomic mass is 16.1. The van der Waals surface area contributed by atoms with Crippen molar-refractivity contribution in [2.24, 2.45) is 5.92 Å². The number of Topliss-reactive ketones (excluding diaryl/α,β-unsaturated/α-hetero) is 1. The average molecular weight is 155 g/mol. The Hall–Kier alpha value is -0.330. The predicted molar refractivity (Wildman–Crippen MR) is 48.3 cm³/mol. The topological polar surface area (TPSA) is 17.1 Å². The van der Waals surface area contributed by atoms with Crippen LogP contribution in [-0.2, 0) is 4.79 Å². The lowest BCUT2D eigenvalue weighted by atomic mass is 9.95. The normalized spacial score (nSPS) is 10.5. The van der Waals surface area contributed by atoms with Crippen molar-refractivity contribution in [2.45, 2.75) is 46.0 Å². The van der Waals surface area contributed by atoms with Gasteiger partial charge in [-0.3, -0.25) is 4.79 Å². The minimum Gasteiger partial charge on any atom is -0.299 e. The van der Waals surface area contributed by atoms with Gasteiger partial charge in [-0.05, 0) is 19.3 Å². The average Bonchev–Trinajstić information content (AvgIpc) is 2.03. The Morgan fingerprint density at radius 2 is 2.09 bits per heavy atom. The number of unbranched alkanes of at least 4 members (excludes halogenated alkanes) is 1. The Balaban J connectivity index is 3.61. The molecule has 0 amide bonds. The summed E-state index contributed by atoms with van der Waals surface area (Å²) < 4.78 is 0. The Morgan fingerprint density at radius 3 is 2.45 bits per heavy atom. The monoisotopic (exact) mass is 155 g/mol. The fourth-order valence-corrected chi connectivity index (χ4v) is 1.15. The highest BCUT2D eigenvalue weighted by Crippen LogP contribution is 2.12. The Bertz CT molecular complexity index is 103. The first kappa shape index (κ1) is 10.7. The van der Waals surface area contributed by atoms with Crippen LogP contribution in [0.2, 0.25) is 0 Å². The smallest absolute Gasteiger partial charge is 0.135 e. The largest absolute Gasteiger partial charge is 0.299 e. The molecule has 0 heterocycles. The second-order valence-corrected chi connectivity index (χ2v) is 2.96. The van der Waals surface area contributed by atoms with Crippen LogP contribution in [0.3, 0.4) is 0 Å². The Morgan fingerprint density at radius 1 is 1.45 bits per heavy atom. The zero-order valence-corrected chi connectivity index (χ0v) is 7.73. The summed E-state index contributed by atoms with van der Waals surface area (Å²) >= 11 is 0. The molecule has 65 valence electrons. The van der Waals surface area contributed by atoms with E-state index in [9.17, 15) is 4.79 Å². The molecule has 1 heteroatoms. The SMILES string of the molecule is [CH2]CC(CC)C(=O)CCCC. The van der Waals surface area contributed by atoms with Crippen LogP contribution in [0.25, 0.3) is 0 Å². The van der Waals surface area contributed by atoms with E-state index in [2.05, 4.69) is 20.8 Å². The first-order valence-electron chi connectivity index (χ1n) is 4.58. The van der Waals surface area contributed by atoms with Gasteiger partial charge in [0.25, 0.3) is 0 Å². The summed E-state index contributed by atoms with van der Waals surface area (Å²) in [4.78, 5) is 11.3. The van der Waals surface area contributed by atoms with Gasteiger partial charge >= 0.3 is 0 Å². The summed E-state index contributed by atoms with van der Waals surface area (Å²) in [6.45, 7) is 7.93. The molecular weight excluding hydrogens is 136 g/mol. The van der Waals surface area contributed by atoms with Gasteiger partial charge in [0.1, 0.15) is 5.78 Å². The van der Waals surface area contributed by atoms with Crippen LogP contribution in [0, 0.1) is 12.8 Å². The molecule has 0 saturated carbocycles. The maximum atomic E-state index is 11.3. The fourth-order valence-electron chi connectivity index (χ4n) is 1.15. The lowest BCUT2D eigenvalue weighted by molar-refractivity contribution is -0.123. The summed E-state index contributed by atoms with van der Waals surface area (Å²) in [5.74, 6) is 0.630. The van der Waals surface area contributed by atoms with E-state index in [1.54, 1.807) is 0 Å². The van der Waals surface area contributed by atoms with E-state index in [0.717, 1.165) is 32.1 Å². The van der Waals surface area contributed by atoms with Crippen LogP contribution in [0.4, 0.5) is 0 Å². The molecule has 1 unspecified atom stereocenters.